The molecule has 31 heavy (non-hydrogen) atoms. The monoisotopic (exact) mass is 436 g/mol. The highest BCUT2D eigenvalue weighted by Gasteiger charge is 2.46. The van der Waals surface area contributed by atoms with E-state index in [2.05, 4.69) is 21.7 Å². The molecule has 2 N–H and O–H groups in total. The third kappa shape index (κ3) is 4.32. The van der Waals surface area contributed by atoms with Gasteiger partial charge in [-0.3, -0.25) is 9.59 Å². The predicted molar refractivity (Wildman–Crippen MR) is 118 cm³/mol. The Morgan fingerprint density at radius 1 is 1.13 bits per heavy atom. The van der Waals surface area contributed by atoms with Crippen molar-refractivity contribution in [3.8, 4) is 0 Å². The number of fused-ring (bicyclic) bond motifs is 2. The molecular weight excluding hydrogens is 412 g/mol. The second-order valence-electron chi connectivity index (χ2n) is 7.96. The Kier molecular flexibility index (Phi) is 5.67. The first-order valence-electron chi connectivity index (χ1n) is 10.5. The third-order valence-corrected chi connectivity index (χ3v) is 6.81. The zero-order valence-electron chi connectivity index (χ0n) is 17.0. The molecular formula is C23H24N4O3S. The Bertz CT molecular complexity index is 1050. The predicted octanol–water partition coefficient (Wildman–Crippen LogP) is 2.07. The van der Waals surface area contributed by atoms with Gasteiger partial charge in [0.1, 0.15) is 17.1 Å². The molecule has 5 rings (SSSR count). The normalized spacial score (nSPS) is 23.2. The second kappa shape index (κ2) is 8.74. The van der Waals surface area contributed by atoms with Crippen molar-refractivity contribution >= 4 is 33.4 Å². The molecule has 3 aromatic rings. The first-order valence-corrected chi connectivity index (χ1v) is 11.3. The lowest BCUT2D eigenvalue weighted by Gasteiger charge is -2.34. The fraction of sp³-hybridized carbons (Fsp3) is 0.348. The Morgan fingerprint density at radius 3 is 2.77 bits per heavy atom. The Balaban J connectivity index is 1.16. The zero-order chi connectivity index (χ0) is 21.2. The SMILES string of the molecule is O=C1N[C@@H](COCc2ccccc2)C(=O)N2C[C@@H](NCc3nc4ccccc4s3)C[C@@H]12. The third-order valence-electron chi connectivity index (χ3n) is 5.78. The number of rotatable bonds is 7. The van der Waals surface area contributed by atoms with E-state index in [1.54, 1.807) is 16.2 Å². The Morgan fingerprint density at radius 2 is 1.94 bits per heavy atom. The van der Waals surface area contributed by atoms with Gasteiger partial charge in [-0.25, -0.2) is 4.98 Å². The van der Waals surface area contributed by atoms with E-state index in [9.17, 15) is 9.59 Å². The summed E-state index contributed by atoms with van der Waals surface area (Å²) in [5, 5.41) is 7.33. The Hall–Kier alpha value is -2.81. The fourth-order valence-electron chi connectivity index (χ4n) is 4.21. The standard InChI is InChI=1S/C23H24N4O3S/c28-22-19-10-16(24-11-21-25-17-8-4-5-9-20(17)31-21)12-27(19)23(29)18(26-22)14-30-13-15-6-2-1-3-7-15/h1-9,16,18-19,24H,10-14H2,(H,26,28)/t16-,18-,19-/m0/s1. The maximum Gasteiger partial charge on any atom is 0.248 e. The van der Waals surface area contributed by atoms with Crippen LogP contribution in [-0.2, 0) is 27.5 Å². The van der Waals surface area contributed by atoms with Gasteiger partial charge in [0.25, 0.3) is 0 Å². The van der Waals surface area contributed by atoms with Gasteiger partial charge in [-0.05, 0) is 24.1 Å². The van der Waals surface area contributed by atoms with E-state index < -0.39 is 12.1 Å². The van der Waals surface area contributed by atoms with Gasteiger partial charge in [-0.2, -0.15) is 0 Å². The maximum absolute atomic E-state index is 12.9. The van der Waals surface area contributed by atoms with Crippen molar-refractivity contribution in [2.45, 2.75) is 37.7 Å². The molecule has 2 saturated heterocycles. The molecule has 2 aromatic carbocycles. The minimum atomic E-state index is -0.629. The van der Waals surface area contributed by atoms with Crippen molar-refractivity contribution in [2.75, 3.05) is 13.2 Å². The highest BCUT2D eigenvalue weighted by Crippen LogP contribution is 2.25. The van der Waals surface area contributed by atoms with Gasteiger partial charge in [0, 0.05) is 19.1 Å². The number of hydrogen-bond donors (Lipinski definition) is 2. The molecule has 0 saturated carbocycles. The first kappa shape index (κ1) is 20.1. The number of ether oxygens (including phenoxy) is 1. The summed E-state index contributed by atoms with van der Waals surface area (Å²) < 4.78 is 6.87. The van der Waals surface area contributed by atoms with Gasteiger partial charge < -0.3 is 20.3 Å². The van der Waals surface area contributed by atoms with Crippen LogP contribution in [0.3, 0.4) is 0 Å². The Labute approximate surface area is 184 Å². The molecule has 2 aliphatic rings. The molecule has 3 atom stereocenters. The van der Waals surface area contributed by atoms with Gasteiger partial charge in [-0.15, -0.1) is 11.3 Å². The number of amides is 2. The molecule has 2 aliphatic heterocycles. The number of aromatic nitrogens is 1. The fourth-order valence-corrected chi connectivity index (χ4v) is 5.13. The summed E-state index contributed by atoms with van der Waals surface area (Å²) in [7, 11) is 0. The van der Waals surface area contributed by atoms with E-state index in [0.29, 0.717) is 26.1 Å². The number of para-hydroxylation sites is 1. The minimum Gasteiger partial charge on any atom is -0.374 e. The van der Waals surface area contributed by atoms with Crippen molar-refractivity contribution in [1.29, 1.82) is 0 Å². The van der Waals surface area contributed by atoms with Gasteiger partial charge >= 0.3 is 0 Å². The molecule has 0 radical (unpaired) electrons. The van der Waals surface area contributed by atoms with Crippen molar-refractivity contribution in [3.05, 3.63) is 65.2 Å². The van der Waals surface area contributed by atoms with Crippen molar-refractivity contribution in [1.82, 2.24) is 20.5 Å². The maximum atomic E-state index is 12.9. The lowest BCUT2D eigenvalue weighted by atomic mass is 10.1. The first-order chi connectivity index (χ1) is 15.2. The average Bonchev–Trinajstić information content (AvgIpc) is 3.41. The van der Waals surface area contributed by atoms with Crippen LogP contribution in [0.1, 0.15) is 17.0 Å². The van der Waals surface area contributed by atoms with Gasteiger partial charge in [0.05, 0.1) is 23.4 Å². The average molecular weight is 437 g/mol. The molecule has 0 unspecified atom stereocenters. The van der Waals surface area contributed by atoms with Crippen LogP contribution in [0, 0.1) is 0 Å². The molecule has 160 valence electrons. The van der Waals surface area contributed by atoms with Gasteiger partial charge in [0.15, 0.2) is 0 Å². The van der Waals surface area contributed by atoms with Crippen molar-refractivity contribution < 1.29 is 14.3 Å². The summed E-state index contributed by atoms with van der Waals surface area (Å²) in [6.45, 7) is 1.74. The molecule has 0 spiro atoms. The molecule has 3 heterocycles. The number of benzene rings is 2. The second-order valence-corrected chi connectivity index (χ2v) is 9.07. The number of carbonyl (C=O) groups is 2. The van der Waals surface area contributed by atoms with Crippen molar-refractivity contribution in [3.63, 3.8) is 0 Å². The number of nitrogens with one attached hydrogen (secondary N) is 2. The van der Waals surface area contributed by atoms with Crippen LogP contribution in [-0.4, -0.2) is 53.0 Å². The summed E-state index contributed by atoms with van der Waals surface area (Å²) in [5.41, 5.74) is 2.04. The summed E-state index contributed by atoms with van der Waals surface area (Å²) in [6.07, 6.45) is 0.611. The summed E-state index contributed by atoms with van der Waals surface area (Å²) >= 11 is 1.66. The van der Waals surface area contributed by atoms with Crippen LogP contribution in [0.2, 0.25) is 0 Å². The molecule has 8 heteroatoms. The van der Waals surface area contributed by atoms with E-state index in [-0.39, 0.29) is 24.5 Å². The van der Waals surface area contributed by atoms with Gasteiger partial charge in [-0.1, -0.05) is 42.5 Å². The number of piperazine rings is 1. The van der Waals surface area contributed by atoms with Crippen LogP contribution in [0.15, 0.2) is 54.6 Å². The zero-order valence-corrected chi connectivity index (χ0v) is 17.8. The number of thiazole rings is 1. The quantitative estimate of drug-likeness (QED) is 0.593. The lowest BCUT2D eigenvalue weighted by molar-refractivity contribution is -0.148. The largest absolute Gasteiger partial charge is 0.374 e. The smallest absolute Gasteiger partial charge is 0.248 e. The van der Waals surface area contributed by atoms with E-state index >= 15 is 0 Å². The topological polar surface area (TPSA) is 83.6 Å². The molecule has 1 aromatic heterocycles. The van der Waals surface area contributed by atoms with Crippen molar-refractivity contribution in [2.24, 2.45) is 0 Å². The minimum absolute atomic E-state index is 0.0655. The highest BCUT2D eigenvalue weighted by molar-refractivity contribution is 7.18. The number of carbonyl (C=O) groups excluding carboxylic acids is 2. The van der Waals surface area contributed by atoms with E-state index in [4.69, 9.17) is 4.74 Å². The van der Waals surface area contributed by atoms with Crippen LogP contribution in [0.25, 0.3) is 10.2 Å². The summed E-state index contributed by atoms with van der Waals surface area (Å²) in [4.78, 5) is 31.9. The van der Waals surface area contributed by atoms with Crippen LogP contribution in [0.5, 0.6) is 0 Å². The molecule has 7 nitrogen and oxygen atoms in total. The molecule has 2 amide bonds. The van der Waals surface area contributed by atoms with Crippen LogP contribution >= 0.6 is 11.3 Å². The molecule has 2 fully saturated rings. The highest BCUT2D eigenvalue weighted by atomic mass is 32.1. The summed E-state index contributed by atoms with van der Waals surface area (Å²) in [6, 6.07) is 16.9. The van der Waals surface area contributed by atoms with E-state index in [0.717, 1.165) is 20.8 Å². The lowest BCUT2D eigenvalue weighted by Crippen LogP contribution is -2.62. The van der Waals surface area contributed by atoms with Crippen LogP contribution in [0.4, 0.5) is 0 Å². The molecule has 0 bridgehead atoms. The van der Waals surface area contributed by atoms with Crippen LogP contribution < -0.4 is 10.6 Å². The van der Waals surface area contributed by atoms with E-state index in [1.165, 1.54) is 0 Å². The number of hydrogen-bond acceptors (Lipinski definition) is 6. The molecule has 0 aliphatic carbocycles. The number of nitrogens with zero attached hydrogens (tertiary/aromatic N) is 2. The summed E-state index contributed by atoms with van der Waals surface area (Å²) in [5.74, 6) is -0.167. The van der Waals surface area contributed by atoms with E-state index in [1.807, 2.05) is 48.5 Å². The van der Waals surface area contributed by atoms with Gasteiger partial charge in [0.2, 0.25) is 11.8 Å².